The van der Waals surface area contributed by atoms with E-state index in [9.17, 15) is 13.5 Å². The van der Waals surface area contributed by atoms with Crippen molar-refractivity contribution in [3.05, 3.63) is 47.7 Å². The standard InChI is InChI=1S/C16H18N4O3S/c1-24(22,23)12-8-20(9-12)15-6-10(4-5-19-15)16(18)13-7-11(21)2-3-14(13)17/h2-7,12,18,21H,8-9,17H2,1H3/p+1. The summed E-state index contributed by atoms with van der Waals surface area (Å²) in [6.07, 6.45) is 2.86. The van der Waals surface area contributed by atoms with Crippen LogP contribution in [0.3, 0.4) is 0 Å². The van der Waals surface area contributed by atoms with Crippen LogP contribution in [0, 0.1) is 0 Å². The zero-order valence-electron chi connectivity index (χ0n) is 13.2. The number of hydrogen-bond donors (Lipinski definition) is 3. The molecule has 24 heavy (non-hydrogen) atoms. The average Bonchev–Trinajstić information content (AvgIpc) is 2.46. The Hall–Kier alpha value is -2.61. The largest absolute Gasteiger partial charge is 0.508 e. The van der Waals surface area contributed by atoms with Crippen molar-refractivity contribution >= 4 is 27.1 Å². The number of nitrogens with two attached hydrogens (primary N) is 2. The Labute approximate surface area is 140 Å². The number of nitrogen functional groups attached to an aromatic ring is 1. The summed E-state index contributed by atoms with van der Waals surface area (Å²) < 4.78 is 23.0. The summed E-state index contributed by atoms with van der Waals surface area (Å²) in [5.41, 5.74) is 8.06. The molecule has 0 aliphatic carbocycles. The van der Waals surface area contributed by atoms with Crippen LogP contribution < -0.4 is 16.0 Å². The maximum absolute atomic E-state index is 11.5. The lowest BCUT2D eigenvalue weighted by molar-refractivity contribution is -0.111. The number of hydrogen-bond acceptors (Lipinski definition) is 6. The molecule has 0 unspecified atom stereocenters. The molecule has 1 saturated heterocycles. The van der Waals surface area contributed by atoms with Crippen molar-refractivity contribution in [2.24, 2.45) is 0 Å². The number of phenols is 1. The first-order valence-electron chi connectivity index (χ1n) is 7.37. The lowest BCUT2D eigenvalue weighted by Crippen LogP contribution is -2.55. The van der Waals surface area contributed by atoms with Crippen LogP contribution in [0.5, 0.6) is 5.75 Å². The van der Waals surface area contributed by atoms with Gasteiger partial charge >= 0.3 is 0 Å². The Kier molecular flexibility index (Phi) is 3.92. The Morgan fingerprint density at radius 3 is 2.71 bits per heavy atom. The molecule has 1 fully saturated rings. The van der Waals surface area contributed by atoms with Gasteiger partial charge in [0.05, 0.1) is 16.4 Å². The summed E-state index contributed by atoms with van der Waals surface area (Å²) in [6.45, 7) is 0.840. The minimum Gasteiger partial charge on any atom is -0.508 e. The van der Waals surface area contributed by atoms with Crippen molar-refractivity contribution in [3.63, 3.8) is 0 Å². The first-order valence-corrected chi connectivity index (χ1v) is 9.32. The van der Waals surface area contributed by atoms with E-state index in [0.29, 0.717) is 41.4 Å². The molecular formula is C16H19N4O3S+. The highest BCUT2D eigenvalue weighted by atomic mass is 32.2. The number of aromatic nitrogens is 1. The topological polar surface area (TPSA) is 122 Å². The Morgan fingerprint density at radius 1 is 1.33 bits per heavy atom. The van der Waals surface area contributed by atoms with Crippen molar-refractivity contribution in [1.82, 2.24) is 4.98 Å². The number of phenolic OH excluding ortho intramolecular Hbond substituents is 1. The van der Waals surface area contributed by atoms with Gasteiger partial charge in [0.25, 0.3) is 0 Å². The third kappa shape index (κ3) is 3.05. The average molecular weight is 347 g/mol. The second-order valence-electron chi connectivity index (χ2n) is 5.94. The fraction of sp³-hybridized carbons (Fsp3) is 0.250. The van der Waals surface area contributed by atoms with Crippen LogP contribution in [-0.4, -0.2) is 48.8 Å². The molecule has 1 aromatic carbocycles. The number of benzene rings is 1. The maximum Gasteiger partial charge on any atom is 0.213 e. The smallest absolute Gasteiger partial charge is 0.213 e. The molecule has 126 valence electrons. The zero-order valence-corrected chi connectivity index (χ0v) is 14.0. The molecule has 0 spiro atoms. The molecule has 0 atom stereocenters. The van der Waals surface area contributed by atoms with Crippen molar-refractivity contribution in [3.8, 4) is 5.75 Å². The van der Waals surface area contributed by atoms with Crippen molar-refractivity contribution in [2.45, 2.75) is 5.25 Å². The molecule has 3 rings (SSSR count). The van der Waals surface area contributed by atoms with Crippen LogP contribution >= 0.6 is 0 Å². The predicted molar refractivity (Wildman–Crippen MR) is 92.7 cm³/mol. The van der Waals surface area contributed by atoms with E-state index >= 15 is 0 Å². The molecule has 2 heterocycles. The monoisotopic (exact) mass is 347 g/mol. The molecule has 0 saturated carbocycles. The van der Waals surface area contributed by atoms with Gasteiger partial charge in [-0.15, -0.1) is 0 Å². The summed E-state index contributed by atoms with van der Waals surface area (Å²) in [5.74, 6) is 0.740. The van der Waals surface area contributed by atoms with Crippen molar-refractivity contribution < 1.29 is 18.9 Å². The first-order chi connectivity index (χ1) is 11.3. The molecular weight excluding hydrogens is 328 g/mol. The number of pyridine rings is 1. The third-order valence-electron chi connectivity index (χ3n) is 4.16. The van der Waals surface area contributed by atoms with Crippen LogP contribution in [-0.2, 0) is 9.84 Å². The summed E-state index contributed by atoms with van der Waals surface area (Å²) in [5, 5.41) is 15.5. The van der Waals surface area contributed by atoms with E-state index in [1.54, 1.807) is 24.4 Å². The molecule has 8 heteroatoms. The van der Waals surface area contributed by atoms with Gasteiger partial charge in [0.2, 0.25) is 5.71 Å². The van der Waals surface area contributed by atoms with E-state index in [2.05, 4.69) is 4.98 Å². The highest BCUT2D eigenvalue weighted by Gasteiger charge is 2.35. The molecule has 5 N–H and O–H groups in total. The lowest BCUT2D eigenvalue weighted by atomic mass is 10.0. The van der Waals surface area contributed by atoms with Crippen LogP contribution in [0.4, 0.5) is 11.5 Å². The van der Waals surface area contributed by atoms with Crippen molar-refractivity contribution in [2.75, 3.05) is 30.0 Å². The summed E-state index contributed by atoms with van der Waals surface area (Å²) in [7, 11) is -3.03. The molecule has 0 bridgehead atoms. The molecule has 7 nitrogen and oxygen atoms in total. The number of aromatic hydroxyl groups is 1. The van der Waals surface area contributed by atoms with E-state index in [1.807, 2.05) is 4.90 Å². The SMILES string of the molecule is CS(=O)(=O)C1CN(c2cc(C(=[NH2+])c3cc(O)ccc3N)ccn2)C1. The predicted octanol–water partition coefficient (Wildman–Crippen LogP) is -0.801. The molecule has 0 radical (unpaired) electrons. The Bertz CT molecular complexity index is 905. The second-order valence-corrected chi connectivity index (χ2v) is 8.27. The van der Waals surface area contributed by atoms with E-state index in [-0.39, 0.29) is 11.0 Å². The van der Waals surface area contributed by atoms with Gasteiger partial charge in [0, 0.05) is 31.2 Å². The maximum atomic E-state index is 11.5. The van der Waals surface area contributed by atoms with Gasteiger partial charge in [-0.3, -0.25) is 5.41 Å². The number of sulfone groups is 1. The Morgan fingerprint density at radius 2 is 2.04 bits per heavy atom. The highest BCUT2D eigenvalue weighted by molar-refractivity contribution is 7.91. The highest BCUT2D eigenvalue weighted by Crippen LogP contribution is 2.25. The van der Waals surface area contributed by atoms with Crippen LogP contribution in [0.1, 0.15) is 11.1 Å². The zero-order chi connectivity index (χ0) is 17.5. The van der Waals surface area contributed by atoms with E-state index in [1.165, 1.54) is 18.4 Å². The minimum atomic E-state index is -3.03. The molecule has 2 aromatic rings. The van der Waals surface area contributed by atoms with E-state index in [4.69, 9.17) is 11.1 Å². The second kappa shape index (κ2) is 5.79. The molecule has 1 aromatic heterocycles. The number of nitrogens with zero attached hydrogens (tertiary/aromatic N) is 2. The van der Waals surface area contributed by atoms with Crippen molar-refractivity contribution in [1.29, 1.82) is 0 Å². The fourth-order valence-electron chi connectivity index (χ4n) is 2.59. The quantitative estimate of drug-likeness (QED) is 0.378. The first kappa shape index (κ1) is 16.3. The summed E-state index contributed by atoms with van der Waals surface area (Å²) in [6, 6.07) is 8.13. The van der Waals surface area contributed by atoms with Gasteiger partial charge in [-0.2, -0.15) is 0 Å². The molecule has 0 amide bonds. The number of rotatable bonds is 4. The van der Waals surface area contributed by atoms with Gasteiger partial charge in [-0.25, -0.2) is 13.4 Å². The third-order valence-corrected chi connectivity index (χ3v) is 5.67. The Balaban J connectivity index is 1.84. The van der Waals surface area contributed by atoms with Gasteiger partial charge in [-0.05, 0) is 30.3 Å². The van der Waals surface area contributed by atoms with Gasteiger partial charge in [-0.1, -0.05) is 0 Å². The van der Waals surface area contributed by atoms with Gasteiger partial charge < -0.3 is 15.7 Å². The van der Waals surface area contributed by atoms with Gasteiger partial charge in [0.15, 0.2) is 9.84 Å². The van der Waals surface area contributed by atoms with Crippen LogP contribution in [0.25, 0.3) is 0 Å². The molecule has 1 aliphatic rings. The fourth-order valence-corrected chi connectivity index (χ4v) is 3.49. The van der Waals surface area contributed by atoms with Crippen LogP contribution in [0.2, 0.25) is 0 Å². The molecule has 1 aliphatic heterocycles. The number of anilines is 2. The minimum absolute atomic E-state index is 0.0789. The van der Waals surface area contributed by atoms with E-state index < -0.39 is 9.84 Å². The normalized spacial score (nSPS) is 15.1. The lowest BCUT2D eigenvalue weighted by Gasteiger charge is -2.38. The summed E-state index contributed by atoms with van der Waals surface area (Å²) in [4.78, 5) is 6.16. The van der Waals surface area contributed by atoms with Gasteiger partial charge in [0.1, 0.15) is 11.6 Å². The summed E-state index contributed by atoms with van der Waals surface area (Å²) >= 11 is 0. The van der Waals surface area contributed by atoms with Crippen LogP contribution in [0.15, 0.2) is 36.5 Å². The van der Waals surface area contributed by atoms with E-state index in [0.717, 1.165) is 0 Å².